The van der Waals surface area contributed by atoms with Crippen molar-refractivity contribution in [1.82, 2.24) is 5.32 Å². The molecule has 0 aliphatic carbocycles. The van der Waals surface area contributed by atoms with Crippen LogP contribution >= 0.6 is 0 Å². The monoisotopic (exact) mass is 267 g/mol. The van der Waals surface area contributed by atoms with Crippen molar-refractivity contribution in [2.24, 2.45) is 0 Å². The molecule has 0 bridgehead atoms. The van der Waals surface area contributed by atoms with E-state index in [1.807, 2.05) is 0 Å². The molecule has 0 aromatic heterocycles. The lowest BCUT2D eigenvalue weighted by Gasteiger charge is -2.07. The van der Waals surface area contributed by atoms with Gasteiger partial charge in [0, 0.05) is 13.7 Å². The molecule has 0 unspecified atom stereocenters. The van der Waals surface area contributed by atoms with Crippen molar-refractivity contribution >= 4 is 11.9 Å². The van der Waals surface area contributed by atoms with Gasteiger partial charge in [-0.05, 0) is 17.7 Å². The summed E-state index contributed by atoms with van der Waals surface area (Å²) in [6, 6.07) is 6.80. The van der Waals surface area contributed by atoms with Gasteiger partial charge in [0.05, 0.1) is 13.0 Å². The number of carbonyl (C=O) groups excluding carboxylic acids is 1. The fourth-order valence-electron chi connectivity index (χ4n) is 1.43. The second-order valence-electron chi connectivity index (χ2n) is 3.85. The number of amides is 1. The van der Waals surface area contributed by atoms with E-state index < -0.39 is 12.6 Å². The van der Waals surface area contributed by atoms with Crippen LogP contribution in [-0.2, 0) is 20.7 Å². The summed E-state index contributed by atoms with van der Waals surface area (Å²) < 4.78 is 9.86. The van der Waals surface area contributed by atoms with E-state index in [0.29, 0.717) is 18.9 Å². The molecule has 1 aromatic carbocycles. The van der Waals surface area contributed by atoms with Crippen LogP contribution in [0.15, 0.2) is 24.3 Å². The maximum Gasteiger partial charge on any atom is 0.341 e. The SMILES string of the molecule is COCCNC(=O)Cc1cccc(OCC(=O)O)c1. The molecule has 19 heavy (non-hydrogen) atoms. The highest BCUT2D eigenvalue weighted by Crippen LogP contribution is 2.13. The Morgan fingerprint density at radius 2 is 2.16 bits per heavy atom. The first-order valence-electron chi connectivity index (χ1n) is 5.81. The van der Waals surface area contributed by atoms with E-state index in [1.54, 1.807) is 31.4 Å². The van der Waals surface area contributed by atoms with Gasteiger partial charge in [-0.25, -0.2) is 4.79 Å². The fourth-order valence-corrected chi connectivity index (χ4v) is 1.43. The van der Waals surface area contributed by atoms with Crippen LogP contribution in [0, 0.1) is 0 Å². The van der Waals surface area contributed by atoms with Crippen LogP contribution in [0.25, 0.3) is 0 Å². The average Bonchev–Trinajstić information content (AvgIpc) is 2.37. The van der Waals surface area contributed by atoms with Gasteiger partial charge in [0.2, 0.25) is 5.91 Å². The van der Waals surface area contributed by atoms with Gasteiger partial charge in [-0.1, -0.05) is 12.1 Å². The van der Waals surface area contributed by atoms with Crippen molar-refractivity contribution in [1.29, 1.82) is 0 Å². The molecule has 2 N–H and O–H groups in total. The van der Waals surface area contributed by atoms with Gasteiger partial charge >= 0.3 is 5.97 Å². The molecule has 0 spiro atoms. The Labute approximate surface area is 111 Å². The number of nitrogens with one attached hydrogen (secondary N) is 1. The van der Waals surface area contributed by atoms with E-state index >= 15 is 0 Å². The third-order valence-electron chi connectivity index (χ3n) is 2.25. The van der Waals surface area contributed by atoms with Gasteiger partial charge in [-0.2, -0.15) is 0 Å². The highest BCUT2D eigenvalue weighted by molar-refractivity contribution is 5.78. The third kappa shape index (κ3) is 6.42. The number of carbonyl (C=O) groups is 2. The molecule has 6 heteroatoms. The third-order valence-corrected chi connectivity index (χ3v) is 2.25. The predicted molar refractivity (Wildman–Crippen MR) is 68.2 cm³/mol. The number of rotatable bonds is 8. The fraction of sp³-hybridized carbons (Fsp3) is 0.385. The maximum absolute atomic E-state index is 11.6. The van der Waals surface area contributed by atoms with E-state index in [-0.39, 0.29) is 12.3 Å². The minimum absolute atomic E-state index is 0.118. The number of carboxylic acid groups (broad SMARTS) is 1. The lowest BCUT2D eigenvalue weighted by Crippen LogP contribution is -2.28. The normalized spacial score (nSPS) is 9.95. The highest BCUT2D eigenvalue weighted by atomic mass is 16.5. The number of carboxylic acids is 1. The molecule has 0 atom stereocenters. The van der Waals surface area contributed by atoms with E-state index in [4.69, 9.17) is 14.6 Å². The van der Waals surface area contributed by atoms with Crippen LogP contribution in [0.5, 0.6) is 5.75 Å². The average molecular weight is 267 g/mol. The first kappa shape index (κ1) is 15.0. The predicted octanol–water partition coefficient (Wildman–Crippen LogP) is 0.455. The molecule has 104 valence electrons. The molecule has 0 saturated carbocycles. The first-order chi connectivity index (χ1) is 9.11. The first-order valence-corrected chi connectivity index (χ1v) is 5.81. The molecule has 1 rings (SSSR count). The number of ether oxygens (including phenoxy) is 2. The van der Waals surface area contributed by atoms with E-state index in [0.717, 1.165) is 5.56 Å². The quantitative estimate of drug-likeness (QED) is 0.668. The molecular formula is C13H17NO5. The molecular weight excluding hydrogens is 250 g/mol. The Morgan fingerprint density at radius 3 is 2.84 bits per heavy atom. The second-order valence-corrected chi connectivity index (χ2v) is 3.85. The number of benzene rings is 1. The Hall–Kier alpha value is -2.08. The van der Waals surface area contributed by atoms with Crippen LogP contribution in [-0.4, -0.2) is 43.9 Å². The Kier molecular flexibility index (Phi) is 6.38. The van der Waals surface area contributed by atoms with E-state index in [9.17, 15) is 9.59 Å². The Bertz CT molecular complexity index is 433. The minimum atomic E-state index is -1.04. The van der Waals surface area contributed by atoms with Gasteiger partial charge in [0.25, 0.3) is 0 Å². The number of hydrogen-bond donors (Lipinski definition) is 2. The zero-order valence-corrected chi connectivity index (χ0v) is 10.7. The minimum Gasteiger partial charge on any atom is -0.482 e. The summed E-state index contributed by atoms with van der Waals surface area (Å²) in [5.74, 6) is -0.722. The topological polar surface area (TPSA) is 84.9 Å². The van der Waals surface area contributed by atoms with Crippen LogP contribution in [0.3, 0.4) is 0 Å². The number of hydrogen-bond acceptors (Lipinski definition) is 4. The molecule has 0 fully saturated rings. The summed E-state index contributed by atoms with van der Waals surface area (Å²) in [6.07, 6.45) is 0.216. The zero-order valence-electron chi connectivity index (χ0n) is 10.7. The molecule has 0 aliphatic rings. The summed E-state index contributed by atoms with van der Waals surface area (Å²) in [5.41, 5.74) is 0.762. The maximum atomic E-state index is 11.6. The second kappa shape index (κ2) is 8.10. The lowest BCUT2D eigenvalue weighted by molar-refractivity contribution is -0.139. The largest absolute Gasteiger partial charge is 0.482 e. The van der Waals surface area contributed by atoms with E-state index in [1.165, 1.54) is 0 Å². The van der Waals surface area contributed by atoms with Gasteiger partial charge < -0.3 is 19.9 Å². The Morgan fingerprint density at radius 1 is 1.37 bits per heavy atom. The summed E-state index contributed by atoms with van der Waals surface area (Å²) in [7, 11) is 1.56. The lowest BCUT2D eigenvalue weighted by atomic mass is 10.1. The zero-order chi connectivity index (χ0) is 14.1. The van der Waals surface area contributed by atoms with Crippen LogP contribution in [0.2, 0.25) is 0 Å². The van der Waals surface area contributed by atoms with Crippen molar-refractivity contribution in [3.8, 4) is 5.75 Å². The molecule has 0 aliphatic heterocycles. The van der Waals surface area contributed by atoms with Crippen LogP contribution in [0.4, 0.5) is 0 Å². The van der Waals surface area contributed by atoms with Crippen LogP contribution in [0.1, 0.15) is 5.56 Å². The summed E-state index contributed by atoms with van der Waals surface area (Å²) in [5, 5.41) is 11.2. The van der Waals surface area contributed by atoms with Gasteiger partial charge in [-0.3, -0.25) is 4.79 Å². The Balaban J connectivity index is 2.47. The molecule has 0 saturated heterocycles. The molecule has 0 heterocycles. The van der Waals surface area contributed by atoms with Gasteiger partial charge in [-0.15, -0.1) is 0 Å². The number of aliphatic carboxylic acids is 1. The molecule has 6 nitrogen and oxygen atoms in total. The molecule has 0 radical (unpaired) electrons. The van der Waals surface area contributed by atoms with Gasteiger partial charge in [0.1, 0.15) is 5.75 Å². The van der Waals surface area contributed by atoms with Gasteiger partial charge in [0.15, 0.2) is 6.61 Å². The molecule has 1 amide bonds. The summed E-state index contributed by atoms with van der Waals surface area (Å²) >= 11 is 0. The van der Waals surface area contributed by atoms with Crippen molar-refractivity contribution in [3.05, 3.63) is 29.8 Å². The smallest absolute Gasteiger partial charge is 0.341 e. The molecule has 1 aromatic rings. The van der Waals surface area contributed by atoms with Crippen molar-refractivity contribution < 1.29 is 24.2 Å². The van der Waals surface area contributed by atoms with Crippen molar-refractivity contribution in [2.75, 3.05) is 26.9 Å². The van der Waals surface area contributed by atoms with Crippen molar-refractivity contribution in [3.63, 3.8) is 0 Å². The summed E-state index contributed by atoms with van der Waals surface area (Å²) in [6.45, 7) is 0.529. The number of methoxy groups -OCH3 is 1. The van der Waals surface area contributed by atoms with E-state index in [2.05, 4.69) is 5.32 Å². The van der Waals surface area contributed by atoms with Crippen LogP contribution < -0.4 is 10.1 Å². The van der Waals surface area contributed by atoms with Crippen molar-refractivity contribution in [2.45, 2.75) is 6.42 Å². The summed E-state index contributed by atoms with van der Waals surface area (Å²) in [4.78, 5) is 21.9. The highest BCUT2D eigenvalue weighted by Gasteiger charge is 2.05. The standard InChI is InChI=1S/C13H17NO5/c1-18-6-5-14-12(15)8-10-3-2-4-11(7-10)19-9-13(16)17/h2-4,7H,5-6,8-9H2,1H3,(H,14,15)(H,16,17).